The Morgan fingerprint density at radius 3 is 3.26 bits per heavy atom. The molecule has 2 heterocycles. The molecule has 2 aromatic rings. The molecule has 19 heavy (non-hydrogen) atoms. The minimum absolute atomic E-state index is 0.00320. The Balaban J connectivity index is 1.67. The van der Waals surface area contributed by atoms with Gasteiger partial charge in [0.05, 0.1) is 17.7 Å². The molecule has 0 saturated carbocycles. The van der Waals surface area contributed by atoms with Crippen LogP contribution in [0, 0.1) is 5.92 Å². The van der Waals surface area contributed by atoms with Gasteiger partial charge in [0.2, 0.25) is 0 Å². The molecule has 0 aliphatic heterocycles. The monoisotopic (exact) mass is 275 g/mol. The van der Waals surface area contributed by atoms with E-state index in [1.807, 2.05) is 12.1 Å². The van der Waals surface area contributed by atoms with E-state index in [-0.39, 0.29) is 5.91 Å². The molecule has 2 aromatic heterocycles. The minimum atomic E-state index is 0.00320. The summed E-state index contributed by atoms with van der Waals surface area (Å²) in [5.41, 5.74) is 1.37. The quantitative estimate of drug-likeness (QED) is 0.933. The highest BCUT2D eigenvalue weighted by atomic mass is 32.1. The number of fused-ring (bicyclic) bond motifs is 1. The minimum Gasteiger partial charge on any atom is -0.467 e. The highest BCUT2D eigenvalue weighted by molar-refractivity contribution is 7.14. The molecule has 0 bridgehead atoms. The maximum Gasteiger partial charge on any atom is 0.261 e. The number of hydrogen-bond donors (Lipinski definition) is 1. The van der Waals surface area contributed by atoms with Crippen LogP contribution in [0.25, 0.3) is 0 Å². The van der Waals surface area contributed by atoms with Crippen molar-refractivity contribution in [3.8, 4) is 0 Å². The van der Waals surface area contributed by atoms with Gasteiger partial charge in [0.1, 0.15) is 5.76 Å². The van der Waals surface area contributed by atoms with Gasteiger partial charge in [-0.3, -0.25) is 4.79 Å². The normalized spacial score (nSPS) is 18.1. The molecule has 0 radical (unpaired) electrons. The summed E-state index contributed by atoms with van der Waals surface area (Å²) in [5, 5.41) is 2.90. The van der Waals surface area contributed by atoms with Crippen molar-refractivity contribution in [2.75, 3.05) is 0 Å². The SMILES string of the molecule is C[C@@H]1CCc2sc(C(=O)NCc3ccco3)cc2C1. The number of aryl methyl sites for hydroxylation is 1. The Bertz CT molecular complexity index is 571. The third-order valence-corrected chi connectivity index (χ3v) is 4.79. The molecule has 1 amide bonds. The summed E-state index contributed by atoms with van der Waals surface area (Å²) in [6.07, 6.45) is 5.08. The Morgan fingerprint density at radius 2 is 2.47 bits per heavy atom. The molecular weight excluding hydrogens is 258 g/mol. The zero-order chi connectivity index (χ0) is 13.2. The lowest BCUT2D eigenvalue weighted by molar-refractivity contribution is 0.0952. The van der Waals surface area contributed by atoms with Gasteiger partial charge in [0.15, 0.2) is 0 Å². The molecule has 0 aromatic carbocycles. The van der Waals surface area contributed by atoms with Crippen molar-refractivity contribution in [1.29, 1.82) is 0 Å². The lowest BCUT2D eigenvalue weighted by atomic mass is 9.90. The number of nitrogens with one attached hydrogen (secondary N) is 1. The predicted octanol–water partition coefficient (Wildman–Crippen LogP) is 3.40. The molecule has 4 heteroatoms. The number of hydrogen-bond acceptors (Lipinski definition) is 3. The zero-order valence-electron chi connectivity index (χ0n) is 10.9. The second-order valence-electron chi connectivity index (χ2n) is 5.17. The number of amides is 1. The van der Waals surface area contributed by atoms with Crippen LogP contribution in [0.4, 0.5) is 0 Å². The van der Waals surface area contributed by atoms with Crippen LogP contribution in [-0.4, -0.2) is 5.91 Å². The van der Waals surface area contributed by atoms with Gasteiger partial charge in [-0.05, 0) is 48.9 Å². The summed E-state index contributed by atoms with van der Waals surface area (Å²) in [5.74, 6) is 1.52. The van der Waals surface area contributed by atoms with Crippen molar-refractivity contribution in [2.24, 2.45) is 5.92 Å². The van der Waals surface area contributed by atoms with Gasteiger partial charge >= 0.3 is 0 Å². The fraction of sp³-hybridized carbons (Fsp3) is 0.400. The maximum absolute atomic E-state index is 12.1. The molecule has 0 fully saturated rings. The summed E-state index contributed by atoms with van der Waals surface area (Å²) in [6.45, 7) is 2.72. The molecule has 0 spiro atoms. The van der Waals surface area contributed by atoms with Crippen LogP contribution in [0.2, 0.25) is 0 Å². The largest absolute Gasteiger partial charge is 0.467 e. The number of thiophene rings is 1. The van der Waals surface area contributed by atoms with Gasteiger partial charge in [0.25, 0.3) is 5.91 Å². The molecule has 1 aliphatic carbocycles. The van der Waals surface area contributed by atoms with Crippen molar-refractivity contribution in [1.82, 2.24) is 5.32 Å². The van der Waals surface area contributed by atoms with Crippen LogP contribution in [0.15, 0.2) is 28.9 Å². The molecule has 1 atom stereocenters. The Hall–Kier alpha value is -1.55. The van der Waals surface area contributed by atoms with Gasteiger partial charge in [-0.1, -0.05) is 6.92 Å². The zero-order valence-corrected chi connectivity index (χ0v) is 11.8. The van der Waals surface area contributed by atoms with Gasteiger partial charge in [-0.15, -0.1) is 11.3 Å². The fourth-order valence-electron chi connectivity index (χ4n) is 2.49. The molecular formula is C15H17NO2S. The van der Waals surface area contributed by atoms with E-state index >= 15 is 0 Å². The van der Waals surface area contributed by atoms with Crippen LogP contribution in [0.3, 0.4) is 0 Å². The van der Waals surface area contributed by atoms with E-state index in [1.54, 1.807) is 17.6 Å². The Labute approximate surface area is 116 Å². The molecule has 3 nitrogen and oxygen atoms in total. The summed E-state index contributed by atoms with van der Waals surface area (Å²) in [4.78, 5) is 14.3. The maximum atomic E-state index is 12.1. The van der Waals surface area contributed by atoms with E-state index < -0.39 is 0 Å². The van der Waals surface area contributed by atoms with E-state index in [0.717, 1.165) is 29.4 Å². The summed E-state index contributed by atoms with van der Waals surface area (Å²) in [7, 11) is 0. The van der Waals surface area contributed by atoms with Crippen molar-refractivity contribution < 1.29 is 9.21 Å². The molecule has 0 unspecified atom stereocenters. The second-order valence-corrected chi connectivity index (χ2v) is 6.31. The highest BCUT2D eigenvalue weighted by Gasteiger charge is 2.20. The third kappa shape index (κ3) is 2.73. The lowest BCUT2D eigenvalue weighted by Gasteiger charge is -2.16. The fourth-order valence-corrected chi connectivity index (χ4v) is 3.61. The van der Waals surface area contributed by atoms with Crippen LogP contribution in [0.1, 0.15) is 39.2 Å². The van der Waals surface area contributed by atoms with E-state index in [2.05, 4.69) is 18.3 Å². The predicted molar refractivity (Wildman–Crippen MR) is 75.4 cm³/mol. The Morgan fingerprint density at radius 1 is 1.58 bits per heavy atom. The summed E-state index contributed by atoms with van der Waals surface area (Å²) in [6, 6.07) is 5.75. The van der Waals surface area contributed by atoms with Gasteiger partial charge < -0.3 is 9.73 Å². The van der Waals surface area contributed by atoms with Crippen LogP contribution in [-0.2, 0) is 19.4 Å². The average molecular weight is 275 g/mol. The van der Waals surface area contributed by atoms with Crippen LogP contribution >= 0.6 is 11.3 Å². The first-order valence-electron chi connectivity index (χ1n) is 6.64. The number of furan rings is 1. The van der Waals surface area contributed by atoms with Crippen LogP contribution < -0.4 is 5.32 Å². The summed E-state index contributed by atoms with van der Waals surface area (Å²) >= 11 is 1.64. The van der Waals surface area contributed by atoms with E-state index in [9.17, 15) is 4.79 Å². The average Bonchev–Trinajstić information content (AvgIpc) is 3.04. The molecule has 0 saturated heterocycles. The topological polar surface area (TPSA) is 42.2 Å². The van der Waals surface area contributed by atoms with Gasteiger partial charge in [-0.2, -0.15) is 0 Å². The van der Waals surface area contributed by atoms with Gasteiger partial charge in [-0.25, -0.2) is 0 Å². The van der Waals surface area contributed by atoms with E-state index in [1.165, 1.54) is 16.9 Å². The van der Waals surface area contributed by atoms with E-state index in [0.29, 0.717) is 6.54 Å². The standard InChI is InChI=1S/C15H17NO2S/c1-10-4-5-13-11(7-10)8-14(19-13)15(17)16-9-12-3-2-6-18-12/h2-3,6,8,10H,4-5,7,9H2,1H3,(H,16,17)/t10-/m1/s1. The van der Waals surface area contributed by atoms with Crippen molar-refractivity contribution in [2.45, 2.75) is 32.7 Å². The molecule has 1 aliphatic rings. The third-order valence-electron chi connectivity index (χ3n) is 3.56. The van der Waals surface area contributed by atoms with Crippen molar-refractivity contribution >= 4 is 17.2 Å². The first kappa shape index (κ1) is 12.5. The number of carbonyl (C=O) groups excluding carboxylic acids is 1. The van der Waals surface area contributed by atoms with Gasteiger partial charge in [0, 0.05) is 4.88 Å². The highest BCUT2D eigenvalue weighted by Crippen LogP contribution is 2.32. The molecule has 100 valence electrons. The van der Waals surface area contributed by atoms with Crippen molar-refractivity contribution in [3.63, 3.8) is 0 Å². The number of rotatable bonds is 3. The second kappa shape index (κ2) is 5.21. The Kier molecular flexibility index (Phi) is 3.42. The number of carbonyl (C=O) groups is 1. The van der Waals surface area contributed by atoms with Crippen LogP contribution in [0.5, 0.6) is 0 Å². The first-order valence-corrected chi connectivity index (χ1v) is 7.46. The first-order chi connectivity index (χ1) is 9.22. The molecule has 3 rings (SSSR count). The smallest absolute Gasteiger partial charge is 0.261 e. The molecule has 1 N–H and O–H groups in total. The van der Waals surface area contributed by atoms with E-state index in [4.69, 9.17) is 4.42 Å². The summed E-state index contributed by atoms with van der Waals surface area (Å²) < 4.78 is 5.20. The lowest BCUT2D eigenvalue weighted by Crippen LogP contribution is -2.21. The van der Waals surface area contributed by atoms with Crippen molar-refractivity contribution in [3.05, 3.63) is 45.5 Å².